The van der Waals surface area contributed by atoms with Crippen LogP contribution in [0.2, 0.25) is 0 Å². The normalized spacial score (nSPS) is 11.7. The highest BCUT2D eigenvalue weighted by atomic mass is 32.2. The molecular weight excluding hydrogens is 460 g/mol. The van der Waals surface area contributed by atoms with Crippen LogP contribution in [0.1, 0.15) is 10.4 Å². The second kappa shape index (κ2) is 10.7. The van der Waals surface area contributed by atoms with Crippen molar-refractivity contribution < 1.29 is 22.7 Å². The lowest BCUT2D eigenvalue weighted by Crippen LogP contribution is -2.28. The third-order valence-corrected chi connectivity index (χ3v) is 7.61. The van der Waals surface area contributed by atoms with E-state index in [1.54, 1.807) is 53.7 Å². The largest absolute Gasteiger partial charge is 0.497 e. The predicted octanol–water partition coefficient (Wildman–Crippen LogP) is 4.26. The summed E-state index contributed by atoms with van der Waals surface area (Å²) in [5.74, 6) is 0.705. The summed E-state index contributed by atoms with van der Waals surface area (Å²) in [4.78, 5) is 15.9. The van der Waals surface area contributed by atoms with Gasteiger partial charge in [0.05, 0.1) is 20.8 Å². The number of rotatable bonds is 9. The van der Waals surface area contributed by atoms with Gasteiger partial charge in [-0.1, -0.05) is 12.1 Å². The van der Waals surface area contributed by atoms with Crippen LogP contribution in [0, 0.1) is 0 Å². The fraction of sp³-hybridized carbons (Fsp3) is 0.208. The van der Waals surface area contributed by atoms with E-state index in [1.165, 1.54) is 33.3 Å². The van der Waals surface area contributed by atoms with E-state index in [9.17, 15) is 13.2 Å². The molecule has 0 aliphatic carbocycles. The van der Waals surface area contributed by atoms with Crippen LogP contribution in [0.5, 0.6) is 11.5 Å². The number of hydrogen-bond donors (Lipinski definition) is 0. The average Bonchev–Trinajstić information content (AvgIpc) is 3.34. The molecule has 0 N–H and O–H groups in total. The molecule has 33 heavy (non-hydrogen) atoms. The molecule has 0 bridgehead atoms. The van der Waals surface area contributed by atoms with Crippen LogP contribution in [-0.2, 0) is 21.4 Å². The minimum Gasteiger partial charge on any atom is -0.497 e. The first-order valence-electron chi connectivity index (χ1n) is 10.0. The van der Waals surface area contributed by atoms with Gasteiger partial charge in [-0.25, -0.2) is 12.7 Å². The maximum absolute atomic E-state index is 13.2. The average molecular weight is 487 g/mol. The maximum atomic E-state index is 13.2. The molecule has 0 fully saturated rings. The van der Waals surface area contributed by atoms with Crippen LogP contribution in [0.25, 0.3) is 6.08 Å². The molecule has 7 nitrogen and oxygen atoms in total. The van der Waals surface area contributed by atoms with Crippen LogP contribution in [-0.4, -0.2) is 46.9 Å². The molecule has 3 aromatic rings. The minimum absolute atomic E-state index is 0.0372. The summed E-state index contributed by atoms with van der Waals surface area (Å²) in [7, 11) is 2.21. The Morgan fingerprint density at radius 1 is 1.03 bits per heavy atom. The number of thiophene rings is 1. The Bertz CT molecular complexity index is 1220. The Kier molecular flexibility index (Phi) is 7.91. The quantitative estimate of drug-likeness (QED) is 0.423. The third kappa shape index (κ3) is 5.81. The van der Waals surface area contributed by atoms with Crippen LogP contribution < -0.4 is 14.4 Å². The highest BCUT2D eigenvalue weighted by Crippen LogP contribution is 2.28. The second-order valence-electron chi connectivity index (χ2n) is 7.23. The molecule has 0 aliphatic heterocycles. The van der Waals surface area contributed by atoms with Gasteiger partial charge in [-0.15, -0.1) is 11.3 Å². The molecule has 1 heterocycles. The van der Waals surface area contributed by atoms with E-state index in [2.05, 4.69) is 0 Å². The van der Waals surface area contributed by atoms with Crippen molar-refractivity contribution in [3.05, 3.63) is 76.5 Å². The van der Waals surface area contributed by atoms with E-state index < -0.39 is 10.0 Å². The van der Waals surface area contributed by atoms with Gasteiger partial charge < -0.3 is 14.4 Å². The number of carbonyl (C=O) groups excluding carboxylic acids is 1. The minimum atomic E-state index is -3.71. The Morgan fingerprint density at radius 2 is 1.76 bits per heavy atom. The molecule has 0 unspecified atom stereocenters. The van der Waals surface area contributed by atoms with Crippen molar-refractivity contribution in [3.63, 3.8) is 0 Å². The first-order valence-corrected chi connectivity index (χ1v) is 12.3. The Balaban J connectivity index is 1.92. The monoisotopic (exact) mass is 486 g/mol. The predicted molar refractivity (Wildman–Crippen MR) is 131 cm³/mol. The summed E-state index contributed by atoms with van der Waals surface area (Å²) in [6.45, 7) is 0.413. The van der Waals surface area contributed by atoms with Gasteiger partial charge in [0.2, 0.25) is 10.0 Å². The summed E-state index contributed by atoms with van der Waals surface area (Å²) in [6.07, 6.45) is 3.03. The van der Waals surface area contributed by atoms with Gasteiger partial charge in [-0.3, -0.25) is 4.79 Å². The lowest BCUT2D eigenvalue weighted by atomic mass is 10.2. The highest BCUT2D eigenvalue weighted by molar-refractivity contribution is 7.89. The molecule has 0 saturated heterocycles. The van der Waals surface area contributed by atoms with Crippen molar-refractivity contribution >= 4 is 39.0 Å². The number of benzene rings is 2. The van der Waals surface area contributed by atoms with Crippen molar-refractivity contribution in [1.82, 2.24) is 4.31 Å². The fourth-order valence-corrected chi connectivity index (χ4v) is 4.85. The summed E-state index contributed by atoms with van der Waals surface area (Å²) < 4.78 is 36.9. The zero-order chi connectivity index (χ0) is 24.0. The van der Waals surface area contributed by atoms with E-state index in [0.717, 1.165) is 14.9 Å². The summed E-state index contributed by atoms with van der Waals surface area (Å²) in [6, 6.07) is 15.9. The van der Waals surface area contributed by atoms with Crippen LogP contribution in [0.15, 0.2) is 70.9 Å². The molecule has 1 amide bonds. The number of methoxy groups -OCH3 is 2. The topological polar surface area (TPSA) is 76.1 Å². The van der Waals surface area contributed by atoms with E-state index in [1.807, 2.05) is 29.6 Å². The Morgan fingerprint density at radius 3 is 2.33 bits per heavy atom. The first kappa shape index (κ1) is 24.5. The summed E-state index contributed by atoms with van der Waals surface area (Å²) in [5, 5.41) is 1.96. The molecule has 1 aromatic heterocycles. The van der Waals surface area contributed by atoms with Gasteiger partial charge in [0, 0.05) is 30.7 Å². The van der Waals surface area contributed by atoms with Crippen LogP contribution in [0.4, 0.5) is 5.69 Å². The lowest BCUT2D eigenvalue weighted by molar-refractivity contribution is -0.114. The molecule has 0 saturated carbocycles. The maximum Gasteiger partial charge on any atom is 0.251 e. The zero-order valence-corrected chi connectivity index (χ0v) is 20.5. The van der Waals surface area contributed by atoms with E-state index in [4.69, 9.17) is 9.47 Å². The second-order valence-corrected chi connectivity index (χ2v) is 10.4. The molecule has 174 valence electrons. The van der Waals surface area contributed by atoms with E-state index in [0.29, 0.717) is 17.9 Å². The van der Waals surface area contributed by atoms with Gasteiger partial charge in [-0.05, 0) is 59.5 Å². The smallest absolute Gasteiger partial charge is 0.251 e. The molecule has 0 spiro atoms. The standard InChI is InChI=1S/C24H26N2O5S2/c1-25(2)33(28,29)23-16-18(7-13-22(23)31-4)8-14-24(27)26(17-21-6-5-15-32-21)19-9-11-20(30-3)12-10-19/h5-16H,17H2,1-4H3. The first-order chi connectivity index (χ1) is 15.8. The number of amides is 1. The molecule has 9 heteroatoms. The third-order valence-electron chi connectivity index (χ3n) is 4.91. The van der Waals surface area contributed by atoms with Gasteiger partial charge >= 0.3 is 0 Å². The molecule has 2 aromatic carbocycles. The number of anilines is 1. The fourth-order valence-electron chi connectivity index (χ4n) is 3.07. The van der Waals surface area contributed by atoms with Gasteiger partial charge in [0.15, 0.2) is 0 Å². The number of hydrogen-bond acceptors (Lipinski definition) is 6. The molecule has 0 radical (unpaired) electrons. The van der Waals surface area contributed by atoms with Crippen molar-refractivity contribution in [2.45, 2.75) is 11.4 Å². The highest BCUT2D eigenvalue weighted by Gasteiger charge is 2.22. The molecular formula is C24H26N2O5S2. The van der Waals surface area contributed by atoms with E-state index in [-0.39, 0.29) is 16.6 Å². The number of ether oxygens (including phenoxy) is 2. The molecule has 0 aliphatic rings. The zero-order valence-electron chi connectivity index (χ0n) is 18.9. The number of sulfonamides is 1. The number of carbonyl (C=O) groups is 1. The lowest BCUT2D eigenvalue weighted by Gasteiger charge is -2.21. The van der Waals surface area contributed by atoms with Crippen molar-refractivity contribution in [1.29, 1.82) is 0 Å². The van der Waals surface area contributed by atoms with Crippen molar-refractivity contribution in [2.24, 2.45) is 0 Å². The SMILES string of the molecule is COc1ccc(N(Cc2cccs2)C(=O)C=Cc2ccc(OC)c(S(=O)(=O)N(C)C)c2)cc1. The van der Waals surface area contributed by atoms with Crippen LogP contribution >= 0.6 is 11.3 Å². The van der Waals surface area contributed by atoms with Gasteiger partial charge in [-0.2, -0.15) is 0 Å². The molecule has 0 atom stereocenters. The molecule has 3 rings (SSSR count). The summed E-state index contributed by atoms with van der Waals surface area (Å²) >= 11 is 1.57. The van der Waals surface area contributed by atoms with E-state index >= 15 is 0 Å². The number of nitrogens with zero attached hydrogens (tertiary/aromatic N) is 2. The van der Waals surface area contributed by atoms with Gasteiger partial charge in [0.25, 0.3) is 5.91 Å². The van der Waals surface area contributed by atoms with Crippen molar-refractivity contribution in [3.8, 4) is 11.5 Å². The Hall–Kier alpha value is -3.14. The van der Waals surface area contributed by atoms with Gasteiger partial charge in [0.1, 0.15) is 16.4 Å². The summed E-state index contributed by atoms with van der Waals surface area (Å²) in [5.41, 5.74) is 1.29. The van der Waals surface area contributed by atoms with Crippen LogP contribution in [0.3, 0.4) is 0 Å². The Labute approximate surface area is 198 Å². The van der Waals surface area contributed by atoms with Crippen molar-refractivity contribution in [2.75, 3.05) is 33.2 Å².